The van der Waals surface area contributed by atoms with Gasteiger partial charge in [0.2, 0.25) is 0 Å². The Morgan fingerprint density at radius 2 is 1.71 bits per heavy atom. The highest BCUT2D eigenvalue weighted by atomic mass is 32.1. The van der Waals surface area contributed by atoms with E-state index < -0.39 is 5.79 Å². The van der Waals surface area contributed by atoms with Crippen molar-refractivity contribution in [3.63, 3.8) is 0 Å². The molecule has 0 rings (SSSR count). The summed E-state index contributed by atoms with van der Waals surface area (Å²) in [5, 5.41) is 0. The van der Waals surface area contributed by atoms with Gasteiger partial charge in [0.05, 0.1) is 13.1 Å². The lowest BCUT2D eigenvalue weighted by atomic mass is 10.3. The van der Waals surface area contributed by atoms with Crippen molar-refractivity contribution in [2.75, 3.05) is 41.5 Å². The number of methoxy groups -OCH3 is 4. The van der Waals surface area contributed by atoms with Crippen LogP contribution in [0.4, 0.5) is 0 Å². The van der Waals surface area contributed by atoms with Gasteiger partial charge in [-0.3, -0.25) is 0 Å². The Hall–Kier alpha value is 0.0800. The van der Waals surface area contributed by atoms with Gasteiger partial charge in [0, 0.05) is 28.4 Å². The molecule has 0 atom stereocenters. The second-order valence-electron chi connectivity index (χ2n) is 3.61. The number of thiocarbonyl (C=S) groups is 1. The fraction of sp³-hybridized carbons (Fsp3) is 0.900. The summed E-state index contributed by atoms with van der Waals surface area (Å²) < 4.78 is 21.2. The van der Waals surface area contributed by atoms with E-state index in [0.717, 1.165) is 0 Å². The molecule has 0 saturated heterocycles. The van der Waals surface area contributed by atoms with Crippen LogP contribution in [0, 0.1) is 0 Å². The van der Waals surface area contributed by atoms with Crippen LogP contribution in [0.2, 0.25) is 0 Å². The Morgan fingerprint density at radius 1 is 1.24 bits per heavy atom. The summed E-state index contributed by atoms with van der Waals surface area (Å²) in [6, 6.07) is 0. The maximum absolute atomic E-state index is 5.28. The number of hydrogen-bond donors (Lipinski definition) is 1. The van der Waals surface area contributed by atoms with Crippen molar-refractivity contribution in [1.29, 1.82) is 0 Å². The summed E-state index contributed by atoms with van der Waals surface area (Å²) in [7, 11) is 6.29. The molecule has 0 unspecified atom stereocenters. The summed E-state index contributed by atoms with van der Waals surface area (Å²) in [4.78, 5) is 1.79. The van der Waals surface area contributed by atoms with Crippen molar-refractivity contribution in [1.82, 2.24) is 4.90 Å². The number of ether oxygens (including phenoxy) is 4. The summed E-state index contributed by atoms with van der Waals surface area (Å²) in [5.74, 6) is -0.751. The normalized spacial score (nSPS) is 11.9. The summed E-state index contributed by atoms with van der Waals surface area (Å²) in [6.07, 6.45) is -0.377. The summed E-state index contributed by atoms with van der Waals surface area (Å²) in [6.45, 7) is 2.71. The quantitative estimate of drug-likeness (QED) is 0.409. The van der Waals surface area contributed by atoms with Gasteiger partial charge in [0.15, 0.2) is 12.1 Å². The van der Waals surface area contributed by atoms with Crippen molar-refractivity contribution in [2.24, 2.45) is 0 Å². The Labute approximate surface area is 114 Å². The van der Waals surface area contributed by atoms with Crippen LogP contribution in [-0.4, -0.2) is 62.8 Å². The minimum Gasteiger partial charge on any atom is -0.354 e. The minimum atomic E-state index is -0.751. The molecule has 0 aromatic heterocycles. The topological polar surface area (TPSA) is 40.2 Å². The molecule has 0 heterocycles. The molecule has 0 aliphatic heterocycles. The van der Waals surface area contributed by atoms with E-state index >= 15 is 0 Å². The van der Waals surface area contributed by atoms with Crippen LogP contribution in [0.25, 0.3) is 0 Å². The van der Waals surface area contributed by atoms with E-state index in [-0.39, 0.29) is 6.29 Å². The van der Waals surface area contributed by atoms with Crippen molar-refractivity contribution < 1.29 is 18.9 Å². The molecular formula is C10H21NO4S2. The van der Waals surface area contributed by atoms with E-state index in [9.17, 15) is 0 Å². The van der Waals surface area contributed by atoms with Gasteiger partial charge in [-0.1, -0.05) is 12.2 Å². The molecular weight excluding hydrogens is 262 g/mol. The molecule has 7 heteroatoms. The predicted molar refractivity (Wildman–Crippen MR) is 73.4 cm³/mol. The second kappa shape index (κ2) is 8.23. The smallest absolute Gasteiger partial charge is 0.182 e. The van der Waals surface area contributed by atoms with E-state index in [0.29, 0.717) is 17.4 Å². The van der Waals surface area contributed by atoms with Crippen LogP contribution >= 0.6 is 24.8 Å². The van der Waals surface area contributed by atoms with Crippen molar-refractivity contribution in [3.05, 3.63) is 0 Å². The van der Waals surface area contributed by atoms with Crippen LogP contribution in [0.5, 0.6) is 0 Å². The number of thiol groups is 1. The van der Waals surface area contributed by atoms with Gasteiger partial charge >= 0.3 is 0 Å². The van der Waals surface area contributed by atoms with Crippen molar-refractivity contribution >= 4 is 29.2 Å². The van der Waals surface area contributed by atoms with E-state index in [1.165, 1.54) is 0 Å². The fourth-order valence-corrected chi connectivity index (χ4v) is 1.49. The first-order valence-electron chi connectivity index (χ1n) is 5.06. The zero-order valence-corrected chi connectivity index (χ0v) is 12.6. The van der Waals surface area contributed by atoms with E-state index in [2.05, 4.69) is 12.6 Å². The first kappa shape index (κ1) is 17.1. The molecule has 0 spiro atoms. The first-order chi connectivity index (χ1) is 7.92. The van der Waals surface area contributed by atoms with Crippen LogP contribution in [0.15, 0.2) is 0 Å². The molecule has 0 fully saturated rings. The van der Waals surface area contributed by atoms with E-state index in [1.807, 2.05) is 6.92 Å². The van der Waals surface area contributed by atoms with E-state index in [1.54, 1.807) is 33.3 Å². The maximum atomic E-state index is 5.28. The number of hydrogen-bond acceptors (Lipinski definition) is 5. The summed E-state index contributed by atoms with van der Waals surface area (Å²) >= 11 is 9.23. The van der Waals surface area contributed by atoms with Gasteiger partial charge in [-0.25, -0.2) is 0 Å². The Kier molecular flexibility index (Phi) is 8.27. The van der Waals surface area contributed by atoms with Gasteiger partial charge in [-0.2, -0.15) is 0 Å². The third-order valence-electron chi connectivity index (χ3n) is 2.51. The monoisotopic (exact) mass is 283 g/mol. The lowest BCUT2D eigenvalue weighted by molar-refractivity contribution is -0.202. The van der Waals surface area contributed by atoms with Crippen LogP contribution < -0.4 is 0 Å². The molecule has 0 amide bonds. The van der Waals surface area contributed by atoms with Crippen LogP contribution in [0.3, 0.4) is 0 Å². The molecule has 102 valence electrons. The predicted octanol–water partition coefficient (Wildman–Crippen LogP) is 1.13. The van der Waals surface area contributed by atoms with Crippen LogP contribution in [-0.2, 0) is 18.9 Å². The van der Waals surface area contributed by atoms with Crippen molar-refractivity contribution in [3.8, 4) is 0 Å². The largest absolute Gasteiger partial charge is 0.354 e. The average Bonchev–Trinajstić information content (AvgIpc) is 2.33. The fourth-order valence-electron chi connectivity index (χ4n) is 1.19. The second-order valence-corrected chi connectivity index (χ2v) is 4.72. The zero-order valence-electron chi connectivity index (χ0n) is 10.9. The Morgan fingerprint density at radius 3 is 2.00 bits per heavy atom. The highest BCUT2D eigenvalue weighted by molar-refractivity contribution is 8.10. The van der Waals surface area contributed by atoms with Crippen LogP contribution in [0.1, 0.15) is 6.92 Å². The van der Waals surface area contributed by atoms with Gasteiger partial charge in [0.25, 0.3) is 0 Å². The van der Waals surface area contributed by atoms with E-state index in [4.69, 9.17) is 31.2 Å². The molecule has 0 aromatic carbocycles. The van der Waals surface area contributed by atoms with Gasteiger partial charge < -0.3 is 23.8 Å². The molecule has 0 aliphatic rings. The maximum Gasteiger partial charge on any atom is 0.182 e. The molecule has 0 aromatic rings. The minimum absolute atomic E-state index is 0.377. The highest BCUT2D eigenvalue weighted by Crippen LogP contribution is 2.14. The zero-order chi connectivity index (χ0) is 13.5. The molecule has 0 saturated carbocycles. The number of rotatable bonds is 8. The third kappa shape index (κ3) is 5.98. The van der Waals surface area contributed by atoms with Gasteiger partial charge in [-0.15, -0.1) is 12.6 Å². The molecule has 0 radical (unpaired) electrons. The highest BCUT2D eigenvalue weighted by Gasteiger charge is 2.28. The number of nitrogens with zero attached hydrogens (tertiary/aromatic N) is 1. The Bertz CT molecular complexity index is 232. The third-order valence-corrected chi connectivity index (χ3v) is 3.05. The molecule has 0 bridgehead atoms. The lowest BCUT2D eigenvalue weighted by Crippen LogP contribution is -2.47. The lowest BCUT2D eigenvalue weighted by Gasteiger charge is -2.34. The van der Waals surface area contributed by atoms with Gasteiger partial charge in [-0.05, 0) is 6.92 Å². The van der Waals surface area contributed by atoms with Crippen molar-refractivity contribution in [2.45, 2.75) is 19.0 Å². The molecule has 0 aliphatic carbocycles. The first-order valence-corrected chi connectivity index (χ1v) is 5.91. The van der Waals surface area contributed by atoms with Gasteiger partial charge in [0.1, 0.15) is 4.32 Å². The molecule has 17 heavy (non-hydrogen) atoms. The average molecular weight is 283 g/mol. The molecule has 5 nitrogen and oxygen atoms in total. The SMILES string of the molecule is COC(CN(CC(C)(OC)OC)C(=S)S)OC. The standard InChI is InChI=1S/C10H21NO4S2/c1-10(14-4,15-5)7-11(9(16)17)6-8(12-2)13-3/h8H,6-7H2,1-5H3,(H,16,17). The Balaban J connectivity index is 4.58. The summed E-state index contributed by atoms with van der Waals surface area (Å²) in [5.41, 5.74) is 0. The molecule has 0 N–H and O–H groups in total.